The minimum absolute atomic E-state index is 0.153. The first-order chi connectivity index (χ1) is 10.5. The van der Waals surface area contributed by atoms with Gasteiger partial charge in [-0.2, -0.15) is 0 Å². The van der Waals surface area contributed by atoms with Gasteiger partial charge in [-0.05, 0) is 35.7 Å². The molecule has 1 unspecified atom stereocenters. The molecule has 1 aromatic carbocycles. The summed E-state index contributed by atoms with van der Waals surface area (Å²) in [6.45, 7) is 4.73. The van der Waals surface area contributed by atoms with Gasteiger partial charge < -0.3 is 15.0 Å². The molecular formula is C17H21FN2O2. The standard InChI is InChI=1S/C17H21FN2O2/c1-12(2)10-20(17(22)15-4-3-9-19-15)11-16(21)13-5-7-14(18)8-6-13/h3-9,12,16,19,21H,10-11H2,1-2H3. The molecule has 0 aliphatic heterocycles. The Morgan fingerprint density at radius 3 is 2.45 bits per heavy atom. The fourth-order valence-corrected chi connectivity index (χ4v) is 2.31. The van der Waals surface area contributed by atoms with Gasteiger partial charge in [-0.3, -0.25) is 4.79 Å². The number of aliphatic hydroxyl groups excluding tert-OH is 1. The molecule has 0 radical (unpaired) electrons. The zero-order chi connectivity index (χ0) is 16.1. The third kappa shape index (κ3) is 4.18. The second-order valence-corrected chi connectivity index (χ2v) is 5.76. The van der Waals surface area contributed by atoms with E-state index in [-0.39, 0.29) is 24.2 Å². The molecular weight excluding hydrogens is 283 g/mol. The first-order valence-corrected chi connectivity index (χ1v) is 7.33. The Hall–Kier alpha value is -2.14. The van der Waals surface area contributed by atoms with E-state index < -0.39 is 6.10 Å². The summed E-state index contributed by atoms with van der Waals surface area (Å²) >= 11 is 0. The van der Waals surface area contributed by atoms with E-state index in [0.29, 0.717) is 17.8 Å². The van der Waals surface area contributed by atoms with Crippen LogP contribution in [0.2, 0.25) is 0 Å². The second-order valence-electron chi connectivity index (χ2n) is 5.76. The van der Waals surface area contributed by atoms with Crippen LogP contribution in [0.3, 0.4) is 0 Å². The smallest absolute Gasteiger partial charge is 0.270 e. The molecule has 0 aliphatic rings. The number of aromatic amines is 1. The van der Waals surface area contributed by atoms with E-state index in [1.165, 1.54) is 24.3 Å². The normalized spacial score (nSPS) is 12.4. The predicted molar refractivity (Wildman–Crippen MR) is 82.9 cm³/mol. The van der Waals surface area contributed by atoms with Crippen LogP contribution < -0.4 is 0 Å². The van der Waals surface area contributed by atoms with Crippen molar-refractivity contribution in [3.8, 4) is 0 Å². The SMILES string of the molecule is CC(C)CN(CC(O)c1ccc(F)cc1)C(=O)c1ccc[nH]1. The number of amides is 1. The quantitative estimate of drug-likeness (QED) is 0.862. The van der Waals surface area contributed by atoms with Crippen LogP contribution in [0.1, 0.15) is 36.0 Å². The summed E-state index contributed by atoms with van der Waals surface area (Å²) in [7, 11) is 0. The van der Waals surface area contributed by atoms with Crippen molar-refractivity contribution in [3.63, 3.8) is 0 Å². The van der Waals surface area contributed by atoms with E-state index in [1.54, 1.807) is 23.2 Å². The number of benzene rings is 1. The van der Waals surface area contributed by atoms with E-state index in [1.807, 2.05) is 13.8 Å². The summed E-state index contributed by atoms with van der Waals surface area (Å²) < 4.78 is 12.9. The first-order valence-electron chi connectivity index (χ1n) is 7.33. The van der Waals surface area contributed by atoms with Gasteiger partial charge in [0.25, 0.3) is 5.91 Å². The highest BCUT2D eigenvalue weighted by atomic mass is 19.1. The molecule has 1 aromatic heterocycles. The number of carbonyl (C=O) groups excluding carboxylic acids is 1. The Balaban J connectivity index is 2.12. The number of carbonyl (C=O) groups is 1. The molecule has 1 amide bonds. The zero-order valence-corrected chi connectivity index (χ0v) is 12.8. The lowest BCUT2D eigenvalue weighted by atomic mass is 10.1. The highest BCUT2D eigenvalue weighted by Crippen LogP contribution is 2.17. The van der Waals surface area contributed by atoms with Crippen LogP contribution in [-0.2, 0) is 0 Å². The molecule has 1 atom stereocenters. The van der Waals surface area contributed by atoms with Gasteiger partial charge in [-0.25, -0.2) is 4.39 Å². The number of aliphatic hydroxyl groups is 1. The van der Waals surface area contributed by atoms with Gasteiger partial charge in [0.05, 0.1) is 12.6 Å². The van der Waals surface area contributed by atoms with Crippen molar-refractivity contribution in [1.82, 2.24) is 9.88 Å². The Morgan fingerprint density at radius 1 is 1.23 bits per heavy atom. The van der Waals surface area contributed by atoms with Crippen LogP contribution in [-0.4, -0.2) is 34.0 Å². The maximum Gasteiger partial charge on any atom is 0.270 e. The number of nitrogens with zero attached hydrogens (tertiary/aromatic N) is 1. The molecule has 4 nitrogen and oxygen atoms in total. The van der Waals surface area contributed by atoms with Crippen LogP contribution in [0.5, 0.6) is 0 Å². The average molecular weight is 304 g/mol. The molecule has 22 heavy (non-hydrogen) atoms. The minimum Gasteiger partial charge on any atom is -0.387 e. The zero-order valence-electron chi connectivity index (χ0n) is 12.8. The van der Waals surface area contributed by atoms with Crippen LogP contribution >= 0.6 is 0 Å². The van der Waals surface area contributed by atoms with Crippen molar-refractivity contribution in [2.24, 2.45) is 5.92 Å². The van der Waals surface area contributed by atoms with Crippen LogP contribution in [0.25, 0.3) is 0 Å². The third-order valence-corrected chi connectivity index (χ3v) is 3.35. The Morgan fingerprint density at radius 2 is 1.91 bits per heavy atom. The van der Waals surface area contributed by atoms with E-state index in [0.717, 1.165) is 0 Å². The summed E-state index contributed by atoms with van der Waals surface area (Å²) in [5.41, 5.74) is 1.08. The van der Waals surface area contributed by atoms with E-state index in [4.69, 9.17) is 0 Å². The van der Waals surface area contributed by atoms with Gasteiger partial charge >= 0.3 is 0 Å². The fraction of sp³-hybridized carbons (Fsp3) is 0.353. The predicted octanol–water partition coefficient (Wildman–Crippen LogP) is 2.99. The molecule has 0 saturated heterocycles. The van der Waals surface area contributed by atoms with Crippen LogP contribution in [0, 0.1) is 11.7 Å². The van der Waals surface area contributed by atoms with Gasteiger partial charge in [0, 0.05) is 12.7 Å². The molecule has 118 valence electrons. The maximum absolute atomic E-state index is 12.9. The number of hydrogen-bond donors (Lipinski definition) is 2. The fourth-order valence-electron chi connectivity index (χ4n) is 2.31. The minimum atomic E-state index is -0.849. The lowest BCUT2D eigenvalue weighted by Gasteiger charge is -2.26. The summed E-state index contributed by atoms with van der Waals surface area (Å²) in [6, 6.07) is 9.15. The van der Waals surface area contributed by atoms with Crippen molar-refractivity contribution in [2.45, 2.75) is 20.0 Å². The topological polar surface area (TPSA) is 56.3 Å². The van der Waals surface area contributed by atoms with Gasteiger partial charge in [0.1, 0.15) is 11.5 Å². The number of aromatic nitrogens is 1. The van der Waals surface area contributed by atoms with Gasteiger partial charge in [0.15, 0.2) is 0 Å². The van der Waals surface area contributed by atoms with Crippen LogP contribution in [0.4, 0.5) is 4.39 Å². The van der Waals surface area contributed by atoms with E-state index in [9.17, 15) is 14.3 Å². The highest BCUT2D eigenvalue weighted by Gasteiger charge is 2.21. The molecule has 2 rings (SSSR count). The Kier molecular flexibility index (Phi) is 5.33. The first kappa shape index (κ1) is 16.2. The summed E-state index contributed by atoms with van der Waals surface area (Å²) in [5.74, 6) is -0.225. The molecule has 0 fully saturated rings. The molecule has 1 heterocycles. The molecule has 2 N–H and O–H groups in total. The van der Waals surface area contributed by atoms with Gasteiger partial charge in [-0.1, -0.05) is 26.0 Å². The largest absolute Gasteiger partial charge is 0.387 e. The van der Waals surface area contributed by atoms with Crippen LogP contribution in [0.15, 0.2) is 42.6 Å². The van der Waals surface area contributed by atoms with E-state index in [2.05, 4.69) is 4.98 Å². The average Bonchev–Trinajstić information content (AvgIpc) is 3.00. The second kappa shape index (κ2) is 7.22. The summed E-state index contributed by atoms with van der Waals surface area (Å²) in [4.78, 5) is 17.0. The number of rotatable bonds is 6. The van der Waals surface area contributed by atoms with Crippen molar-refractivity contribution in [1.29, 1.82) is 0 Å². The molecule has 2 aromatic rings. The molecule has 0 saturated carbocycles. The number of nitrogens with one attached hydrogen (secondary N) is 1. The Bertz CT molecular complexity index is 594. The van der Waals surface area contributed by atoms with Crippen molar-refractivity contribution >= 4 is 5.91 Å². The molecule has 5 heteroatoms. The maximum atomic E-state index is 12.9. The van der Waals surface area contributed by atoms with Gasteiger partial charge in [0.2, 0.25) is 0 Å². The molecule has 0 spiro atoms. The Labute approximate surface area is 129 Å². The molecule has 0 bridgehead atoms. The summed E-state index contributed by atoms with van der Waals surface area (Å²) in [5, 5.41) is 10.3. The lowest BCUT2D eigenvalue weighted by Crippen LogP contribution is -2.37. The van der Waals surface area contributed by atoms with Gasteiger partial charge in [-0.15, -0.1) is 0 Å². The highest BCUT2D eigenvalue weighted by molar-refractivity contribution is 5.92. The number of hydrogen-bond acceptors (Lipinski definition) is 2. The third-order valence-electron chi connectivity index (χ3n) is 3.35. The van der Waals surface area contributed by atoms with Crippen molar-refractivity contribution in [3.05, 3.63) is 59.7 Å². The lowest BCUT2D eigenvalue weighted by molar-refractivity contribution is 0.0590. The summed E-state index contributed by atoms with van der Waals surface area (Å²) in [6.07, 6.45) is 0.843. The van der Waals surface area contributed by atoms with Crippen molar-refractivity contribution in [2.75, 3.05) is 13.1 Å². The number of halogens is 1. The van der Waals surface area contributed by atoms with Crippen molar-refractivity contribution < 1.29 is 14.3 Å². The number of H-pyrrole nitrogens is 1. The molecule has 0 aliphatic carbocycles. The monoisotopic (exact) mass is 304 g/mol. The van der Waals surface area contributed by atoms with E-state index >= 15 is 0 Å².